The lowest BCUT2D eigenvalue weighted by Gasteiger charge is -2.29. The van der Waals surface area contributed by atoms with Gasteiger partial charge in [-0.2, -0.15) is 0 Å². The second-order valence-corrected chi connectivity index (χ2v) is 9.17. The van der Waals surface area contributed by atoms with E-state index < -0.39 is 19.0 Å². The number of aliphatic imine (C=N–C) groups is 1. The van der Waals surface area contributed by atoms with Crippen molar-refractivity contribution in [1.29, 1.82) is 0 Å². The lowest BCUT2D eigenvalue weighted by molar-refractivity contribution is -0.136. The zero-order chi connectivity index (χ0) is 25.1. The normalized spacial score (nSPS) is 14.9. The molecule has 9 heteroatoms. The van der Waals surface area contributed by atoms with E-state index in [0.717, 1.165) is 18.4 Å². The Labute approximate surface area is 207 Å². The monoisotopic (exact) mass is 478 g/mol. The van der Waals surface area contributed by atoms with Crippen molar-refractivity contribution in [2.75, 3.05) is 19.6 Å². The second kappa shape index (κ2) is 13.1. The van der Waals surface area contributed by atoms with Crippen LogP contribution < -0.4 is 11.1 Å². The molecule has 1 saturated carbocycles. The molecule has 2 aromatic rings. The predicted octanol–water partition coefficient (Wildman–Crippen LogP) is 1.44. The lowest BCUT2D eigenvalue weighted by Crippen LogP contribution is -2.51. The molecule has 0 heterocycles. The summed E-state index contributed by atoms with van der Waals surface area (Å²) in [6, 6.07) is 19.9. The summed E-state index contributed by atoms with van der Waals surface area (Å²) >= 11 is 0. The van der Waals surface area contributed by atoms with Crippen LogP contribution in [0.25, 0.3) is 0 Å². The van der Waals surface area contributed by atoms with E-state index in [1.54, 1.807) is 4.90 Å². The van der Waals surface area contributed by atoms with Crippen LogP contribution in [0.5, 0.6) is 0 Å². The average Bonchev–Trinajstić information content (AvgIpc) is 3.66. The smallest absolute Gasteiger partial charge is 0.426 e. The summed E-state index contributed by atoms with van der Waals surface area (Å²) in [6.45, 7) is 0.751. The molecule has 2 aromatic carbocycles. The molecular weight excluding hydrogens is 443 g/mol. The second-order valence-electron chi connectivity index (χ2n) is 9.17. The first-order chi connectivity index (χ1) is 16.9. The van der Waals surface area contributed by atoms with Gasteiger partial charge in [-0.25, -0.2) is 0 Å². The first-order valence-electron chi connectivity index (χ1n) is 12.2. The minimum atomic E-state index is -1.71. The van der Waals surface area contributed by atoms with Crippen molar-refractivity contribution in [3.63, 3.8) is 0 Å². The van der Waals surface area contributed by atoms with Crippen molar-refractivity contribution in [3.05, 3.63) is 71.8 Å². The lowest BCUT2D eigenvalue weighted by atomic mass is 9.76. The number of nitrogens with one attached hydrogen (secondary N) is 1. The summed E-state index contributed by atoms with van der Waals surface area (Å²) in [6.07, 6.45) is 4.87. The zero-order valence-electron chi connectivity index (χ0n) is 20.1. The highest BCUT2D eigenvalue weighted by molar-refractivity contribution is 6.43. The van der Waals surface area contributed by atoms with Crippen molar-refractivity contribution < 1.29 is 19.6 Å². The maximum absolute atomic E-state index is 13.3. The van der Waals surface area contributed by atoms with Crippen molar-refractivity contribution in [3.8, 4) is 0 Å². The van der Waals surface area contributed by atoms with Gasteiger partial charge >= 0.3 is 7.12 Å². The third kappa shape index (κ3) is 8.22. The number of nitrogens with two attached hydrogens (primary N) is 1. The van der Waals surface area contributed by atoms with E-state index in [1.165, 1.54) is 11.9 Å². The SMILES string of the molecule is NC=NCCCC(NC(=O)CN(CC1(c2ccccc2)CC1)C(=O)CCc1ccccc1)B(O)O. The minimum absolute atomic E-state index is 0.0930. The Hall–Kier alpha value is -3.17. The highest BCUT2D eigenvalue weighted by Gasteiger charge is 2.46. The Kier molecular flexibility index (Phi) is 9.87. The van der Waals surface area contributed by atoms with Crippen LogP contribution in [-0.4, -0.2) is 65.8 Å². The summed E-state index contributed by atoms with van der Waals surface area (Å²) in [7, 11) is -1.71. The fraction of sp³-hybridized carbons (Fsp3) is 0.423. The van der Waals surface area contributed by atoms with Gasteiger partial charge in [0, 0.05) is 24.9 Å². The van der Waals surface area contributed by atoms with Crippen LogP contribution >= 0.6 is 0 Å². The first-order valence-corrected chi connectivity index (χ1v) is 12.2. The maximum Gasteiger partial charge on any atom is 0.475 e. The number of amides is 2. The Morgan fingerprint density at radius 1 is 1.11 bits per heavy atom. The van der Waals surface area contributed by atoms with Gasteiger partial charge in [-0.15, -0.1) is 0 Å². The summed E-state index contributed by atoms with van der Waals surface area (Å²) in [5.74, 6) is -1.35. The van der Waals surface area contributed by atoms with Gasteiger partial charge in [-0.3, -0.25) is 14.6 Å². The average molecular weight is 478 g/mol. The quantitative estimate of drug-likeness (QED) is 0.141. The molecule has 186 valence electrons. The molecule has 0 saturated heterocycles. The minimum Gasteiger partial charge on any atom is -0.426 e. The van der Waals surface area contributed by atoms with Crippen molar-refractivity contribution >= 4 is 25.3 Å². The molecular formula is C26H35BN4O4. The molecule has 0 spiro atoms. The number of carbonyl (C=O) groups excluding carboxylic acids is 2. The summed E-state index contributed by atoms with van der Waals surface area (Å²) < 4.78 is 0. The molecule has 1 fully saturated rings. The van der Waals surface area contributed by atoms with Crippen LogP contribution in [0.2, 0.25) is 0 Å². The summed E-state index contributed by atoms with van der Waals surface area (Å²) in [4.78, 5) is 31.7. The van der Waals surface area contributed by atoms with Crippen molar-refractivity contribution in [2.45, 2.75) is 49.9 Å². The van der Waals surface area contributed by atoms with Gasteiger partial charge in [-0.1, -0.05) is 60.7 Å². The molecule has 3 rings (SSSR count). The predicted molar refractivity (Wildman–Crippen MR) is 138 cm³/mol. The Morgan fingerprint density at radius 2 is 1.77 bits per heavy atom. The highest BCUT2D eigenvalue weighted by Crippen LogP contribution is 2.48. The molecule has 2 amide bonds. The van der Waals surface area contributed by atoms with Gasteiger partial charge in [0.2, 0.25) is 11.8 Å². The zero-order valence-corrected chi connectivity index (χ0v) is 20.1. The molecule has 35 heavy (non-hydrogen) atoms. The van der Waals surface area contributed by atoms with Crippen molar-refractivity contribution in [2.24, 2.45) is 10.7 Å². The van der Waals surface area contributed by atoms with Gasteiger partial charge in [0.15, 0.2) is 0 Å². The molecule has 8 nitrogen and oxygen atoms in total. The van der Waals surface area contributed by atoms with Crippen molar-refractivity contribution in [1.82, 2.24) is 10.2 Å². The highest BCUT2D eigenvalue weighted by atomic mass is 16.4. The molecule has 0 aromatic heterocycles. The van der Waals surface area contributed by atoms with E-state index in [0.29, 0.717) is 38.8 Å². The molecule has 1 aliphatic carbocycles. The fourth-order valence-electron chi connectivity index (χ4n) is 4.33. The molecule has 1 atom stereocenters. The van der Waals surface area contributed by atoms with Crippen LogP contribution in [0.4, 0.5) is 0 Å². The van der Waals surface area contributed by atoms with E-state index in [-0.39, 0.29) is 17.9 Å². The summed E-state index contributed by atoms with van der Waals surface area (Å²) in [5.41, 5.74) is 7.33. The fourth-order valence-corrected chi connectivity index (χ4v) is 4.33. The van der Waals surface area contributed by atoms with Gasteiger partial charge in [0.05, 0.1) is 18.8 Å². The van der Waals surface area contributed by atoms with E-state index in [1.807, 2.05) is 48.5 Å². The van der Waals surface area contributed by atoms with E-state index in [9.17, 15) is 19.6 Å². The molecule has 0 radical (unpaired) electrons. The number of nitrogens with zero attached hydrogens (tertiary/aromatic N) is 2. The third-order valence-electron chi connectivity index (χ3n) is 6.50. The van der Waals surface area contributed by atoms with Crippen LogP contribution in [-0.2, 0) is 21.4 Å². The summed E-state index contributed by atoms with van der Waals surface area (Å²) in [5, 5.41) is 22.1. The molecule has 5 N–H and O–H groups in total. The van der Waals surface area contributed by atoms with Crippen LogP contribution in [0.3, 0.4) is 0 Å². The van der Waals surface area contributed by atoms with Gasteiger partial charge in [0.25, 0.3) is 0 Å². The van der Waals surface area contributed by atoms with E-state index in [4.69, 9.17) is 5.73 Å². The molecule has 1 aliphatic rings. The Balaban J connectivity index is 1.67. The number of hydrogen-bond donors (Lipinski definition) is 4. The first kappa shape index (κ1) is 26.4. The maximum atomic E-state index is 13.3. The number of hydrogen-bond acceptors (Lipinski definition) is 5. The topological polar surface area (TPSA) is 128 Å². The third-order valence-corrected chi connectivity index (χ3v) is 6.50. The van der Waals surface area contributed by atoms with E-state index >= 15 is 0 Å². The van der Waals surface area contributed by atoms with Gasteiger partial charge < -0.3 is 26.0 Å². The van der Waals surface area contributed by atoms with Crippen LogP contribution in [0.1, 0.15) is 43.2 Å². The standard InChI is InChI=1S/C26H35BN4O4/c28-20-29-17-7-12-23(27(34)35)30-24(32)18-31(25(33)14-13-21-8-3-1-4-9-21)19-26(15-16-26)22-10-5-2-6-11-22/h1-6,8-11,20,23,34-35H,7,12-19H2,(H2,28,29)(H,30,32). The number of carbonyl (C=O) groups is 2. The number of benzene rings is 2. The Morgan fingerprint density at radius 3 is 2.37 bits per heavy atom. The van der Waals surface area contributed by atoms with Gasteiger partial charge in [-0.05, 0) is 43.2 Å². The van der Waals surface area contributed by atoms with Crippen LogP contribution in [0.15, 0.2) is 65.7 Å². The molecule has 0 aliphatic heterocycles. The Bertz CT molecular complexity index is 968. The van der Waals surface area contributed by atoms with E-state index in [2.05, 4.69) is 22.4 Å². The molecule has 1 unspecified atom stereocenters. The molecule has 0 bridgehead atoms. The number of aryl methyl sites for hydroxylation is 1. The van der Waals surface area contributed by atoms with Crippen LogP contribution in [0, 0.1) is 0 Å². The van der Waals surface area contributed by atoms with Gasteiger partial charge in [0.1, 0.15) is 0 Å². The largest absolute Gasteiger partial charge is 0.475 e. The number of rotatable bonds is 14.